The molecule has 4 rings (SSSR count). The predicted octanol–water partition coefficient (Wildman–Crippen LogP) is 5.22. The number of Topliss-reactive ketones (excluding diaryl/α,β-unsaturated/α-hetero) is 1. The molecule has 1 saturated heterocycles. The molecule has 1 fully saturated rings. The number of hydrogen-bond acceptors (Lipinski definition) is 6. The van der Waals surface area contributed by atoms with Gasteiger partial charge in [-0.3, -0.25) is 4.79 Å². The number of alkyl halides is 3. The van der Waals surface area contributed by atoms with Crippen LogP contribution >= 0.6 is 38.9 Å². The van der Waals surface area contributed by atoms with Gasteiger partial charge in [-0.25, -0.2) is 4.98 Å². The van der Waals surface area contributed by atoms with E-state index >= 15 is 0 Å². The minimum Gasteiger partial charge on any atom is -0.347 e. The number of hydroxylamine groups is 2. The number of carbonyl (C=O) groups excluding carboxylic acids is 1. The minimum absolute atomic E-state index is 0.0478. The highest BCUT2D eigenvalue weighted by Crippen LogP contribution is 2.40. The van der Waals surface area contributed by atoms with E-state index in [0.29, 0.717) is 16.7 Å². The lowest BCUT2D eigenvalue weighted by Crippen LogP contribution is -2.57. The minimum atomic E-state index is -4.59. The van der Waals surface area contributed by atoms with Gasteiger partial charge < -0.3 is 10.1 Å². The molecule has 0 radical (unpaired) electrons. The smallest absolute Gasteiger partial charge is 0.347 e. The van der Waals surface area contributed by atoms with Crippen molar-refractivity contribution in [2.24, 2.45) is 0 Å². The van der Waals surface area contributed by atoms with Crippen LogP contribution in [0.15, 0.2) is 52.8 Å². The molecule has 0 bridgehead atoms. The maximum absolute atomic E-state index is 13.3. The number of benzene rings is 1. The van der Waals surface area contributed by atoms with Gasteiger partial charge in [0.05, 0.1) is 11.3 Å². The molecule has 0 aliphatic carbocycles. The Bertz CT molecular complexity index is 1060. The van der Waals surface area contributed by atoms with E-state index in [9.17, 15) is 23.2 Å². The van der Waals surface area contributed by atoms with Crippen molar-refractivity contribution in [3.05, 3.63) is 73.3 Å². The van der Waals surface area contributed by atoms with E-state index in [1.165, 1.54) is 17.4 Å². The number of hydrogen-bond donors (Lipinski definition) is 1. The average molecular weight is 521 g/mol. The Balaban J connectivity index is 1.77. The van der Waals surface area contributed by atoms with Gasteiger partial charge >= 0.3 is 6.18 Å². The van der Waals surface area contributed by atoms with Gasteiger partial charge in [0.1, 0.15) is 12.2 Å². The van der Waals surface area contributed by atoms with Gasteiger partial charge in [-0.05, 0) is 29.8 Å². The van der Waals surface area contributed by atoms with Crippen LogP contribution in [0, 0.1) is 0 Å². The second-order valence-electron chi connectivity index (χ2n) is 6.81. The van der Waals surface area contributed by atoms with Gasteiger partial charge in [-0.1, -0.05) is 39.7 Å². The first-order chi connectivity index (χ1) is 14.1. The zero-order valence-corrected chi connectivity index (χ0v) is 18.3. The summed E-state index contributed by atoms with van der Waals surface area (Å²) in [6.07, 6.45) is 1.75. The number of rotatable bonds is 3. The Labute approximate surface area is 187 Å². The molecule has 2 aromatic rings. The fourth-order valence-corrected chi connectivity index (χ4v) is 5.12. The number of aromatic nitrogens is 1. The lowest BCUT2D eigenvalue weighted by atomic mass is 9.92. The Morgan fingerprint density at radius 2 is 2.10 bits per heavy atom. The van der Waals surface area contributed by atoms with Gasteiger partial charge in [-0.15, -0.1) is 11.3 Å². The molecule has 30 heavy (non-hydrogen) atoms. The van der Waals surface area contributed by atoms with Crippen LogP contribution in [0.2, 0.25) is 4.47 Å². The van der Waals surface area contributed by atoms with Crippen molar-refractivity contribution in [3.8, 4) is 0 Å². The molecule has 11 heteroatoms. The van der Waals surface area contributed by atoms with Crippen LogP contribution in [-0.2, 0) is 17.4 Å². The number of thiazole rings is 1. The first kappa shape index (κ1) is 21.5. The Morgan fingerprint density at radius 1 is 1.33 bits per heavy atom. The standard InChI is InChI=1S/C19H14BrClF3N3O2S/c20-12-6-10(5-11(7-12)19(22,23)24)16-17(28)14-3-1-2-4-26(14)15(27(16)29)8-13-9-25-18(21)30-13/h1-3,5-7,9,15-16,29H,4,8H2. The summed E-state index contributed by atoms with van der Waals surface area (Å²) in [4.78, 5) is 19.7. The van der Waals surface area contributed by atoms with Crippen LogP contribution in [0.3, 0.4) is 0 Å². The lowest BCUT2D eigenvalue weighted by molar-refractivity contribution is -0.209. The van der Waals surface area contributed by atoms with E-state index in [1.54, 1.807) is 23.2 Å². The topological polar surface area (TPSA) is 56.7 Å². The maximum atomic E-state index is 13.3. The van der Waals surface area contributed by atoms with Gasteiger partial charge in [-0.2, -0.15) is 18.2 Å². The summed E-state index contributed by atoms with van der Waals surface area (Å²) >= 11 is 10.2. The van der Waals surface area contributed by atoms with Crippen LogP contribution in [0.1, 0.15) is 22.0 Å². The molecule has 2 aliphatic heterocycles. The number of allylic oxidation sites excluding steroid dienone is 2. The molecule has 2 aliphatic rings. The highest BCUT2D eigenvalue weighted by molar-refractivity contribution is 9.10. The van der Waals surface area contributed by atoms with Crippen LogP contribution < -0.4 is 0 Å². The first-order valence-electron chi connectivity index (χ1n) is 8.78. The number of halogens is 5. The largest absolute Gasteiger partial charge is 0.416 e. The van der Waals surface area contributed by atoms with Crippen molar-refractivity contribution in [1.29, 1.82) is 0 Å². The Morgan fingerprint density at radius 3 is 2.77 bits per heavy atom. The second kappa shape index (κ2) is 8.08. The summed E-state index contributed by atoms with van der Waals surface area (Å²) in [5.74, 6) is -0.480. The molecule has 158 valence electrons. The average Bonchev–Trinajstić information content (AvgIpc) is 3.09. The first-order valence-corrected chi connectivity index (χ1v) is 10.8. The molecule has 2 unspecified atom stereocenters. The van der Waals surface area contributed by atoms with E-state index in [1.807, 2.05) is 6.08 Å². The molecule has 5 nitrogen and oxygen atoms in total. The molecule has 2 atom stereocenters. The third-order valence-corrected chi connectivity index (χ3v) is 6.50. The van der Waals surface area contributed by atoms with Crippen molar-refractivity contribution in [2.45, 2.75) is 24.8 Å². The molecule has 3 heterocycles. The van der Waals surface area contributed by atoms with Crippen LogP contribution in [0.5, 0.6) is 0 Å². The molecular formula is C19H14BrClF3N3O2S. The van der Waals surface area contributed by atoms with Gasteiger partial charge in [0.15, 0.2) is 4.47 Å². The van der Waals surface area contributed by atoms with Crippen LogP contribution in [-0.4, -0.2) is 38.6 Å². The van der Waals surface area contributed by atoms with Crippen molar-refractivity contribution in [1.82, 2.24) is 14.9 Å². The summed E-state index contributed by atoms with van der Waals surface area (Å²) in [6.45, 7) is 0.380. The molecule has 1 N–H and O–H groups in total. The maximum Gasteiger partial charge on any atom is 0.416 e. The molecule has 0 amide bonds. The third-order valence-electron chi connectivity index (χ3n) is 4.90. The summed E-state index contributed by atoms with van der Waals surface area (Å²) in [7, 11) is 0. The van der Waals surface area contributed by atoms with E-state index in [0.717, 1.165) is 22.1 Å². The van der Waals surface area contributed by atoms with E-state index in [4.69, 9.17) is 11.6 Å². The number of carbonyl (C=O) groups is 1. The van der Waals surface area contributed by atoms with Crippen molar-refractivity contribution >= 4 is 44.7 Å². The normalized spacial score (nSPS) is 22.3. The van der Waals surface area contributed by atoms with Crippen LogP contribution in [0.25, 0.3) is 0 Å². The van der Waals surface area contributed by atoms with Crippen molar-refractivity contribution in [2.75, 3.05) is 6.54 Å². The number of nitrogens with zero attached hydrogens (tertiary/aromatic N) is 3. The number of fused-ring (bicyclic) bond motifs is 1. The van der Waals surface area contributed by atoms with E-state index in [2.05, 4.69) is 20.9 Å². The molecular weight excluding hydrogens is 507 g/mol. The quantitative estimate of drug-likeness (QED) is 0.602. The zero-order valence-electron chi connectivity index (χ0n) is 15.1. The summed E-state index contributed by atoms with van der Waals surface area (Å²) < 4.78 is 40.5. The fraction of sp³-hybridized carbons (Fsp3) is 0.263. The molecule has 1 aromatic heterocycles. The zero-order chi connectivity index (χ0) is 21.6. The molecule has 0 spiro atoms. The van der Waals surface area contributed by atoms with Gasteiger partial charge in [0, 0.05) is 28.5 Å². The predicted molar refractivity (Wildman–Crippen MR) is 109 cm³/mol. The molecule has 0 saturated carbocycles. The Hall–Kier alpha value is -1.72. The SMILES string of the molecule is O=C1C2=CC=CCN2C(Cc2cnc(Cl)s2)N(O)C1c1cc(Br)cc(C(F)(F)F)c1. The number of ketones is 1. The van der Waals surface area contributed by atoms with E-state index in [-0.39, 0.29) is 16.5 Å². The van der Waals surface area contributed by atoms with Crippen molar-refractivity contribution in [3.63, 3.8) is 0 Å². The van der Waals surface area contributed by atoms with Gasteiger partial charge in [0.2, 0.25) is 5.78 Å². The fourth-order valence-electron chi connectivity index (χ4n) is 3.61. The monoisotopic (exact) mass is 519 g/mol. The highest BCUT2D eigenvalue weighted by atomic mass is 79.9. The molecule has 1 aromatic carbocycles. The lowest BCUT2D eigenvalue weighted by Gasteiger charge is -2.46. The summed E-state index contributed by atoms with van der Waals surface area (Å²) in [6, 6.07) is 1.96. The highest BCUT2D eigenvalue weighted by Gasteiger charge is 2.45. The third kappa shape index (κ3) is 4.06. The van der Waals surface area contributed by atoms with Crippen LogP contribution in [0.4, 0.5) is 13.2 Å². The van der Waals surface area contributed by atoms with Crippen molar-refractivity contribution < 1.29 is 23.2 Å². The Kier molecular flexibility index (Phi) is 5.80. The van der Waals surface area contributed by atoms with Gasteiger partial charge in [0.25, 0.3) is 0 Å². The summed E-state index contributed by atoms with van der Waals surface area (Å²) in [5.41, 5.74) is -0.521. The van der Waals surface area contributed by atoms with E-state index < -0.39 is 29.7 Å². The summed E-state index contributed by atoms with van der Waals surface area (Å²) in [5, 5.41) is 11.8. The second-order valence-corrected chi connectivity index (χ2v) is 9.43.